The van der Waals surface area contributed by atoms with E-state index in [1.807, 2.05) is 14.2 Å². The Kier molecular flexibility index (Phi) is 5.14. The SMILES string of the molecule is C=C(C)C1CC2C(OC)C3CC(OC)CC(OC)C3[NH+](C)C2O1. The van der Waals surface area contributed by atoms with Crippen molar-refractivity contribution in [3.63, 3.8) is 0 Å². The van der Waals surface area contributed by atoms with Crippen LogP contribution in [0.15, 0.2) is 12.2 Å². The van der Waals surface area contributed by atoms with Crippen molar-refractivity contribution >= 4 is 0 Å². The number of hydrogen-bond acceptors (Lipinski definition) is 4. The fourth-order valence-corrected chi connectivity index (χ4v) is 5.26. The summed E-state index contributed by atoms with van der Waals surface area (Å²) >= 11 is 0. The first kappa shape index (κ1) is 17.4. The minimum atomic E-state index is 0.150. The molecule has 3 fully saturated rings. The second kappa shape index (κ2) is 6.81. The van der Waals surface area contributed by atoms with Crippen LogP contribution in [0.5, 0.6) is 0 Å². The van der Waals surface area contributed by atoms with Crippen LogP contribution in [0.1, 0.15) is 26.2 Å². The second-order valence-electron chi connectivity index (χ2n) is 7.53. The molecule has 1 aliphatic carbocycles. The number of ether oxygens (including phenoxy) is 4. The number of piperidine rings is 1. The lowest BCUT2D eigenvalue weighted by molar-refractivity contribution is -0.971. The quantitative estimate of drug-likeness (QED) is 0.770. The maximum atomic E-state index is 6.36. The lowest BCUT2D eigenvalue weighted by atomic mass is 9.69. The summed E-state index contributed by atoms with van der Waals surface area (Å²) in [5, 5.41) is 0. The molecule has 2 aliphatic heterocycles. The molecule has 3 rings (SSSR count). The number of likely N-dealkylation sites (N-methyl/N-ethyl adjacent to an activating group) is 1. The van der Waals surface area contributed by atoms with Gasteiger partial charge in [0.2, 0.25) is 0 Å². The molecule has 0 bridgehead atoms. The van der Waals surface area contributed by atoms with E-state index in [1.54, 1.807) is 7.11 Å². The number of hydrogen-bond donors (Lipinski definition) is 1. The molecule has 2 heterocycles. The van der Waals surface area contributed by atoms with Crippen LogP contribution >= 0.6 is 0 Å². The highest BCUT2D eigenvalue weighted by molar-refractivity contribution is 5.06. The third-order valence-electron chi connectivity index (χ3n) is 6.35. The Morgan fingerprint density at radius 3 is 2.35 bits per heavy atom. The van der Waals surface area contributed by atoms with Gasteiger partial charge in [0.15, 0.2) is 6.23 Å². The highest BCUT2D eigenvalue weighted by Gasteiger charge is 2.60. The maximum Gasteiger partial charge on any atom is 0.197 e. The monoisotopic (exact) mass is 326 g/mol. The van der Waals surface area contributed by atoms with Crippen molar-refractivity contribution in [2.24, 2.45) is 11.8 Å². The Bertz CT molecular complexity index is 443. The molecule has 0 aromatic rings. The number of nitrogens with one attached hydrogen (secondary N) is 1. The van der Waals surface area contributed by atoms with Gasteiger partial charge in [-0.3, -0.25) is 0 Å². The van der Waals surface area contributed by atoms with Crippen molar-refractivity contribution in [3.8, 4) is 0 Å². The number of likely N-dealkylation sites (tertiary alicyclic amines) is 1. The van der Waals surface area contributed by atoms with Gasteiger partial charge in [0.05, 0.1) is 31.3 Å². The molecule has 3 aliphatic rings. The summed E-state index contributed by atoms with van der Waals surface area (Å²) in [5.74, 6) is 0.855. The van der Waals surface area contributed by atoms with E-state index in [1.165, 1.54) is 4.90 Å². The Morgan fingerprint density at radius 1 is 1.04 bits per heavy atom. The van der Waals surface area contributed by atoms with E-state index in [4.69, 9.17) is 18.9 Å². The minimum Gasteiger partial charge on any atom is -0.381 e. The lowest BCUT2D eigenvalue weighted by Gasteiger charge is -2.51. The first-order valence-corrected chi connectivity index (χ1v) is 8.74. The van der Waals surface area contributed by atoms with E-state index in [0.29, 0.717) is 17.9 Å². The van der Waals surface area contributed by atoms with Gasteiger partial charge in [-0.1, -0.05) is 12.2 Å². The minimum absolute atomic E-state index is 0.150. The molecule has 9 atom stereocenters. The Morgan fingerprint density at radius 2 is 1.78 bits per heavy atom. The van der Waals surface area contributed by atoms with Crippen molar-refractivity contribution in [3.05, 3.63) is 12.2 Å². The van der Waals surface area contributed by atoms with Gasteiger partial charge >= 0.3 is 0 Å². The molecule has 0 amide bonds. The first-order chi connectivity index (χ1) is 11.0. The number of fused-ring (bicyclic) bond motifs is 2. The lowest BCUT2D eigenvalue weighted by Crippen LogP contribution is -3.21. The Balaban J connectivity index is 1.90. The van der Waals surface area contributed by atoms with Crippen molar-refractivity contribution in [1.29, 1.82) is 0 Å². The summed E-state index contributed by atoms with van der Waals surface area (Å²) in [7, 11) is 7.71. The molecule has 9 unspecified atom stereocenters. The standard InChI is InChI=1S/C18H31NO4/c1-10(2)14-9-13-17(22-6)12-7-11(20-4)8-15(21-5)16(12)19(3)18(13)23-14/h11-18H,1,7-9H2,2-6H3/p+1. The van der Waals surface area contributed by atoms with Gasteiger partial charge in [-0.05, 0) is 19.8 Å². The molecule has 0 aromatic heterocycles. The van der Waals surface area contributed by atoms with Gasteiger partial charge in [-0.25, -0.2) is 0 Å². The average molecular weight is 326 g/mol. The highest BCUT2D eigenvalue weighted by atomic mass is 16.5. The van der Waals surface area contributed by atoms with Gasteiger partial charge in [0.25, 0.3) is 0 Å². The van der Waals surface area contributed by atoms with Crippen LogP contribution in [0.2, 0.25) is 0 Å². The molecule has 5 nitrogen and oxygen atoms in total. The molecular formula is C18H32NO4+. The van der Waals surface area contributed by atoms with E-state index in [-0.39, 0.29) is 30.6 Å². The van der Waals surface area contributed by atoms with Crippen LogP contribution in [-0.4, -0.2) is 65.1 Å². The number of quaternary nitrogens is 1. The van der Waals surface area contributed by atoms with E-state index in [0.717, 1.165) is 24.8 Å². The Hall–Kier alpha value is -0.460. The largest absolute Gasteiger partial charge is 0.381 e. The van der Waals surface area contributed by atoms with Crippen LogP contribution in [0.25, 0.3) is 0 Å². The third kappa shape index (κ3) is 2.87. The molecule has 2 saturated heterocycles. The zero-order valence-electron chi connectivity index (χ0n) is 15.1. The summed E-state index contributed by atoms with van der Waals surface area (Å²) in [5.41, 5.74) is 1.11. The topological polar surface area (TPSA) is 41.4 Å². The van der Waals surface area contributed by atoms with Crippen LogP contribution < -0.4 is 4.90 Å². The van der Waals surface area contributed by atoms with Gasteiger partial charge in [-0.15, -0.1) is 0 Å². The molecule has 5 heteroatoms. The maximum absolute atomic E-state index is 6.36. The zero-order valence-corrected chi connectivity index (χ0v) is 15.1. The molecule has 0 aromatic carbocycles. The van der Waals surface area contributed by atoms with E-state index in [9.17, 15) is 0 Å². The van der Waals surface area contributed by atoms with Crippen LogP contribution in [0.4, 0.5) is 0 Å². The van der Waals surface area contributed by atoms with E-state index < -0.39 is 0 Å². The molecule has 0 spiro atoms. The van der Waals surface area contributed by atoms with E-state index in [2.05, 4.69) is 20.6 Å². The summed E-state index contributed by atoms with van der Waals surface area (Å²) in [6, 6.07) is 0.390. The van der Waals surface area contributed by atoms with Gasteiger partial charge in [0.1, 0.15) is 12.1 Å². The van der Waals surface area contributed by atoms with Crippen molar-refractivity contribution in [2.75, 3.05) is 28.4 Å². The number of methoxy groups -OCH3 is 3. The molecule has 132 valence electrons. The van der Waals surface area contributed by atoms with Gasteiger partial charge in [0, 0.05) is 33.7 Å². The molecule has 1 N–H and O–H groups in total. The predicted octanol–water partition coefficient (Wildman–Crippen LogP) is 0.646. The predicted molar refractivity (Wildman–Crippen MR) is 87.4 cm³/mol. The zero-order chi connectivity index (χ0) is 16.7. The molecule has 0 radical (unpaired) electrons. The van der Waals surface area contributed by atoms with Crippen LogP contribution in [0.3, 0.4) is 0 Å². The van der Waals surface area contributed by atoms with Crippen molar-refractivity contribution in [2.45, 2.75) is 62.9 Å². The first-order valence-electron chi connectivity index (χ1n) is 8.74. The summed E-state index contributed by atoms with van der Waals surface area (Å²) in [6.45, 7) is 6.16. The van der Waals surface area contributed by atoms with Crippen molar-refractivity contribution < 1.29 is 23.8 Å². The number of rotatable bonds is 4. The smallest absolute Gasteiger partial charge is 0.197 e. The fourth-order valence-electron chi connectivity index (χ4n) is 5.26. The third-order valence-corrected chi connectivity index (χ3v) is 6.35. The van der Waals surface area contributed by atoms with Crippen LogP contribution in [-0.2, 0) is 18.9 Å². The molecular weight excluding hydrogens is 294 g/mol. The summed E-state index contributed by atoms with van der Waals surface area (Å²) in [6.07, 6.45) is 3.95. The van der Waals surface area contributed by atoms with Gasteiger partial charge in [-0.2, -0.15) is 0 Å². The van der Waals surface area contributed by atoms with E-state index >= 15 is 0 Å². The van der Waals surface area contributed by atoms with Crippen molar-refractivity contribution in [1.82, 2.24) is 0 Å². The second-order valence-corrected chi connectivity index (χ2v) is 7.53. The normalized spacial score (nSPS) is 49.5. The molecule has 23 heavy (non-hydrogen) atoms. The highest BCUT2D eigenvalue weighted by Crippen LogP contribution is 2.42. The molecule has 1 saturated carbocycles. The average Bonchev–Trinajstić information content (AvgIpc) is 2.99. The fraction of sp³-hybridized carbons (Fsp3) is 0.889. The summed E-state index contributed by atoms with van der Waals surface area (Å²) < 4.78 is 23.9. The Labute approximate surface area is 139 Å². The van der Waals surface area contributed by atoms with Crippen LogP contribution in [0, 0.1) is 11.8 Å². The van der Waals surface area contributed by atoms with Gasteiger partial charge < -0.3 is 23.8 Å². The summed E-state index contributed by atoms with van der Waals surface area (Å²) in [4.78, 5) is 1.43.